The Hall–Kier alpha value is -5.20. The first-order valence-electron chi connectivity index (χ1n) is 15.0. The molecule has 12 heteroatoms. The Morgan fingerprint density at radius 1 is 0.917 bits per heavy atom. The van der Waals surface area contributed by atoms with Gasteiger partial charge < -0.3 is 19.3 Å². The average molecular weight is 684 g/mol. The summed E-state index contributed by atoms with van der Waals surface area (Å²) in [6.45, 7) is 2.48. The number of rotatable bonds is 12. The van der Waals surface area contributed by atoms with E-state index in [1.165, 1.54) is 35.9 Å². The molecule has 4 aromatic carbocycles. The van der Waals surface area contributed by atoms with Crippen molar-refractivity contribution in [3.8, 4) is 17.2 Å². The molecule has 0 spiro atoms. The van der Waals surface area contributed by atoms with E-state index in [4.69, 9.17) is 14.2 Å². The monoisotopic (exact) mass is 683 g/mol. The summed E-state index contributed by atoms with van der Waals surface area (Å²) in [6, 6.07) is 26.5. The summed E-state index contributed by atoms with van der Waals surface area (Å²) in [4.78, 5) is 28.7. The van der Waals surface area contributed by atoms with Crippen LogP contribution in [0.1, 0.15) is 35.2 Å². The van der Waals surface area contributed by atoms with Gasteiger partial charge in [-0.3, -0.25) is 14.5 Å². The standard InChI is InChI=1S/C36H30FN3O6S2/c1-3-45-29-19-25(13-18-28(29)46-20-22-7-5-4-6-8-22)31-30(32(41)24-11-16-27(44-2)17-12-24)33(42)34(43)40(31)35-38-39-36(48-35)47-21-23-9-14-26(37)15-10-23/h4-19,31,41H,3,20-21H2,1-2H3. The first-order valence-corrected chi connectivity index (χ1v) is 16.8. The molecule has 0 saturated carbocycles. The number of ketones is 1. The maximum Gasteiger partial charge on any atom is 0.301 e. The molecule has 1 aromatic heterocycles. The van der Waals surface area contributed by atoms with Crippen molar-refractivity contribution in [1.29, 1.82) is 0 Å². The second-order valence-corrected chi connectivity index (χ2v) is 12.8. The molecule has 1 saturated heterocycles. The van der Waals surface area contributed by atoms with E-state index in [2.05, 4.69) is 10.2 Å². The molecule has 1 amide bonds. The van der Waals surface area contributed by atoms with Crippen LogP contribution in [-0.2, 0) is 21.9 Å². The van der Waals surface area contributed by atoms with Gasteiger partial charge in [0.15, 0.2) is 15.8 Å². The third-order valence-electron chi connectivity index (χ3n) is 7.51. The predicted octanol–water partition coefficient (Wildman–Crippen LogP) is 7.58. The number of hydrogen-bond acceptors (Lipinski definition) is 10. The molecule has 5 aromatic rings. The SMILES string of the molecule is CCOc1cc(C2C(=C(O)c3ccc(OC)cc3)C(=O)C(=O)N2c2nnc(SCc3ccc(F)cc3)s2)ccc1OCc1ccccc1. The molecule has 1 aliphatic heterocycles. The number of nitrogens with zero attached hydrogens (tertiary/aromatic N) is 3. The molecule has 1 unspecified atom stereocenters. The highest BCUT2D eigenvalue weighted by Crippen LogP contribution is 2.46. The summed E-state index contributed by atoms with van der Waals surface area (Å²) in [5, 5.41) is 20.3. The number of thioether (sulfide) groups is 1. The predicted molar refractivity (Wildman–Crippen MR) is 182 cm³/mol. The molecule has 2 heterocycles. The maximum absolute atomic E-state index is 13.7. The smallest absolute Gasteiger partial charge is 0.301 e. The largest absolute Gasteiger partial charge is 0.507 e. The zero-order valence-corrected chi connectivity index (χ0v) is 27.6. The first kappa shape index (κ1) is 32.7. The van der Waals surface area contributed by atoms with Gasteiger partial charge in [-0.05, 0) is 72.1 Å². The van der Waals surface area contributed by atoms with Crippen LogP contribution in [0.4, 0.5) is 9.52 Å². The number of carbonyl (C=O) groups excluding carboxylic acids is 2. The van der Waals surface area contributed by atoms with Gasteiger partial charge in [-0.15, -0.1) is 10.2 Å². The fraction of sp³-hybridized carbons (Fsp3) is 0.167. The number of methoxy groups -OCH3 is 1. The molecular weight excluding hydrogens is 654 g/mol. The molecule has 1 aliphatic rings. The Labute approximate surface area is 284 Å². The van der Waals surface area contributed by atoms with Crippen molar-refractivity contribution >= 4 is 45.7 Å². The van der Waals surface area contributed by atoms with Gasteiger partial charge in [0.2, 0.25) is 5.13 Å². The van der Waals surface area contributed by atoms with Gasteiger partial charge in [0, 0.05) is 11.3 Å². The molecule has 48 heavy (non-hydrogen) atoms. The Morgan fingerprint density at radius 2 is 1.67 bits per heavy atom. The van der Waals surface area contributed by atoms with Crippen molar-refractivity contribution in [3.63, 3.8) is 0 Å². The van der Waals surface area contributed by atoms with E-state index < -0.39 is 17.7 Å². The van der Waals surface area contributed by atoms with E-state index in [0.717, 1.165) is 22.5 Å². The van der Waals surface area contributed by atoms with Crippen LogP contribution < -0.4 is 19.1 Å². The van der Waals surface area contributed by atoms with Crippen LogP contribution in [0.5, 0.6) is 17.2 Å². The highest BCUT2D eigenvalue weighted by Gasteiger charge is 2.48. The van der Waals surface area contributed by atoms with E-state index in [1.807, 2.05) is 37.3 Å². The first-order chi connectivity index (χ1) is 23.4. The van der Waals surface area contributed by atoms with Gasteiger partial charge in [-0.25, -0.2) is 4.39 Å². The number of amides is 1. The fourth-order valence-corrected chi connectivity index (χ4v) is 6.97. The number of aliphatic hydroxyl groups is 1. The second-order valence-electron chi connectivity index (χ2n) is 10.6. The van der Waals surface area contributed by atoms with Crippen LogP contribution in [0.3, 0.4) is 0 Å². The number of carbonyl (C=O) groups is 2. The highest BCUT2D eigenvalue weighted by atomic mass is 32.2. The second kappa shape index (κ2) is 14.7. The molecule has 0 aliphatic carbocycles. The minimum Gasteiger partial charge on any atom is -0.507 e. The molecular formula is C36H30FN3O6S2. The van der Waals surface area contributed by atoms with Crippen molar-refractivity contribution in [2.24, 2.45) is 0 Å². The number of halogens is 1. The normalized spacial score (nSPS) is 15.5. The van der Waals surface area contributed by atoms with Crippen molar-refractivity contribution in [1.82, 2.24) is 10.2 Å². The summed E-state index contributed by atoms with van der Waals surface area (Å²) in [7, 11) is 1.53. The number of aliphatic hydroxyl groups excluding tert-OH is 1. The number of Topliss-reactive ketones (excluding diaryl/α,β-unsaturated/α-hetero) is 1. The lowest BCUT2D eigenvalue weighted by Crippen LogP contribution is -2.29. The van der Waals surface area contributed by atoms with Crippen LogP contribution in [0, 0.1) is 5.82 Å². The Bertz CT molecular complexity index is 1950. The Morgan fingerprint density at radius 3 is 2.38 bits per heavy atom. The van der Waals surface area contributed by atoms with E-state index >= 15 is 0 Å². The van der Waals surface area contributed by atoms with Gasteiger partial charge in [0.25, 0.3) is 5.78 Å². The number of benzene rings is 4. The lowest BCUT2D eigenvalue weighted by Gasteiger charge is -2.23. The van der Waals surface area contributed by atoms with E-state index in [9.17, 15) is 19.1 Å². The lowest BCUT2D eigenvalue weighted by atomic mass is 9.95. The summed E-state index contributed by atoms with van der Waals surface area (Å²) < 4.78 is 31.2. The summed E-state index contributed by atoms with van der Waals surface area (Å²) in [5.41, 5.74) is 2.58. The Balaban J connectivity index is 1.39. The molecule has 0 radical (unpaired) electrons. The third-order valence-corrected chi connectivity index (χ3v) is 9.63. The molecule has 1 N–H and O–H groups in total. The van der Waals surface area contributed by atoms with E-state index in [-0.39, 0.29) is 22.3 Å². The summed E-state index contributed by atoms with van der Waals surface area (Å²) in [5.74, 6) is -0.445. The Kier molecular flexibility index (Phi) is 10.0. The highest BCUT2D eigenvalue weighted by molar-refractivity contribution is 8.00. The van der Waals surface area contributed by atoms with Gasteiger partial charge >= 0.3 is 5.91 Å². The number of ether oxygens (including phenoxy) is 3. The van der Waals surface area contributed by atoms with Crippen molar-refractivity contribution in [2.45, 2.75) is 29.7 Å². The van der Waals surface area contributed by atoms with Crippen LogP contribution in [0.25, 0.3) is 5.76 Å². The summed E-state index contributed by atoms with van der Waals surface area (Å²) in [6.07, 6.45) is 0. The number of aromatic nitrogens is 2. The molecule has 0 bridgehead atoms. The van der Waals surface area contributed by atoms with Crippen LogP contribution in [-0.4, -0.2) is 40.7 Å². The average Bonchev–Trinajstić information content (AvgIpc) is 3.69. The van der Waals surface area contributed by atoms with Crippen LogP contribution in [0.2, 0.25) is 0 Å². The topological polar surface area (TPSA) is 111 Å². The van der Waals surface area contributed by atoms with Gasteiger partial charge in [-0.1, -0.05) is 71.6 Å². The number of anilines is 1. The molecule has 1 atom stereocenters. The lowest BCUT2D eigenvalue weighted by molar-refractivity contribution is -0.132. The van der Waals surface area contributed by atoms with E-state index in [0.29, 0.717) is 51.7 Å². The van der Waals surface area contributed by atoms with Crippen molar-refractivity contribution in [3.05, 3.63) is 131 Å². The molecule has 1 fully saturated rings. The minimum absolute atomic E-state index is 0.110. The maximum atomic E-state index is 13.7. The van der Waals surface area contributed by atoms with Gasteiger partial charge in [0.05, 0.1) is 25.3 Å². The third kappa shape index (κ3) is 7.04. The minimum atomic E-state index is -1.06. The quantitative estimate of drug-likeness (QED) is 0.0468. The van der Waals surface area contributed by atoms with E-state index in [1.54, 1.807) is 54.6 Å². The van der Waals surface area contributed by atoms with Crippen LogP contribution in [0.15, 0.2) is 107 Å². The van der Waals surface area contributed by atoms with Gasteiger partial charge in [0.1, 0.15) is 23.9 Å². The molecule has 6 rings (SSSR count). The molecule has 244 valence electrons. The van der Waals surface area contributed by atoms with Crippen molar-refractivity contribution < 1.29 is 33.3 Å². The number of hydrogen-bond donors (Lipinski definition) is 1. The summed E-state index contributed by atoms with van der Waals surface area (Å²) >= 11 is 2.51. The van der Waals surface area contributed by atoms with Crippen LogP contribution >= 0.6 is 23.1 Å². The zero-order chi connectivity index (χ0) is 33.6. The van der Waals surface area contributed by atoms with Gasteiger partial charge in [-0.2, -0.15) is 0 Å². The fourth-order valence-electron chi connectivity index (χ4n) is 5.15. The zero-order valence-electron chi connectivity index (χ0n) is 26.0. The van der Waals surface area contributed by atoms with Crippen molar-refractivity contribution in [2.75, 3.05) is 18.6 Å². The molecule has 9 nitrogen and oxygen atoms in total.